The molecular weight excluding hydrogens is 241 g/mol. The van der Waals surface area contributed by atoms with Gasteiger partial charge in [0.25, 0.3) is 6.43 Å². The number of aryl methyl sites for hydroxylation is 1. The van der Waals surface area contributed by atoms with Gasteiger partial charge < -0.3 is 13.9 Å². The molecule has 2 heterocycles. The van der Waals surface area contributed by atoms with Crippen LogP contribution in [0, 0.1) is 0 Å². The molecule has 1 saturated heterocycles. The van der Waals surface area contributed by atoms with Crippen molar-refractivity contribution in [1.82, 2.24) is 9.55 Å². The fraction of sp³-hybridized carbons (Fsp3) is 0.727. The number of aromatic nitrogens is 2. The quantitative estimate of drug-likeness (QED) is 0.759. The Morgan fingerprint density at radius 1 is 1.33 bits per heavy atom. The first-order valence-corrected chi connectivity index (χ1v) is 5.58. The first-order valence-electron chi connectivity index (χ1n) is 7.08. The van der Waals surface area contributed by atoms with Crippen LogP contribution in [0.2, 0.25) is 0 Å². The number of alkyl halides is 2. The van der Waals surface area contributed by atoms with E-state index in [1.165, 1.54) is 0 Å². The zero-order chi connectivity index (χ0) is 16.2. The molecule has 7 heteroatoms. The second-order valence-corrected chi connectivity index (χ2v) is 5.28. The van der Waals surface area contributed by atoms with Crippen molar-refractivity contribution in [3.05, 3.63) is 12.0 Å². The Labute approximate surface area is 110 Å². The predicted molar refractivity (Wildman–Crippen MR) is 63.9 cm³/mol. The number of hydrogen-bond donors (Lipinski definition) is 0. The van der Waals surface area contributed by atoms with E-state index in [1.807, 2.05) is 27.7 Å². The fourth-order valence-corrected chi connectivity index (χ4v) is 1.64. The van der Waals surface area contributed by atoms with E-state index in [2.05, 4.69) is 4.98 Å². The second-order valence-electron chi connectivity index (χ2n) is 5.28. The monoisotopic (exact) mass is 261 g/mol. The van der Waals surface area contributed by atoms with E-state index in [4.69, 9.17) is 13.4 Å². The molecule has 0 unspecified atom stereocenters. The van der Waals surface area contributed by atoms with Gasteiger partial charge in [-0.25, -0.2) is 13.8 Å². The maximum Gasteiger partial charge on any atom is 0.516 e. The highest BCUT2D eigenvalue weighted by Gasteiger charge is 2.52. The maximum absolute atomic E-state index is 12.9. The minimum Gasteiger partial charge on any atom is -0.398 e. The molecule has 0 aromatic carbocycles. The third-order valence-electron chi connectivity index (χ3n) is 3.44. The van der Waals surface area contributed by atoms with Gasteiger partial charge in [-0.1, -0.05) is 0 Å². The number of imidazole rings is 1. The summed E-state index contributed by atoms with van der Waals surface area (Å²) >= 11 is 0. The van der Waals surface area contributed by atoms with E-state index < -0.39 is 37.5 Å². The largest absolute Gasteiger partial charge is 0.516 e. The van der Waals surface area contributed by atoms with E-state index in [0.717, 1.165) is 6.20 Å². The minimum absolute atomic E-state index is 0.0278. The molecule has 0 bridgehead atoms. The highest BCUT2D eigenvalue weighted by molar-refractivity contribution is 6.61. The van der Waals surface area contributed by atoms with Crippen molar-refractivity contribution in [2.75, 3.05) is 0 Å². The lowest BCUT2D eigenvalue weighted by Gasteiger charge is -2.32. The third kappa shape index (κ3) is 2.05. The molecule has 0 N–H and O–H groups in total. The molecule has 0 atom stereocenters. The van der Waals surface area contributed by atoms with Crippen LogP contribution in [0.1, 0.15) is 44.1 Å². The van der Waals surface area contributed by atoms with Gasteiger partial charge in [0.15, 0.2) is 5.82 Å². The van der Waals surface area contributed by atoms with Crippen LogP contribution in [-0.2, 0) is 16.3 Å². The van der Waals surface area contributed by atoms with Crippen molar-refractivity contribution in [2.45, 2.75) is 45.3 Å². The Morgan fingerprint density at radius 3 is 2.28 bits per heavy atom. The Kier molecular flexibility index (Phi) is 2.22. The van der Waals surface area contributed by atoms with Crippen LogP contribution in [0.4, 0.5) is 8.78 Å². The van der Waals surface area contributed by atoms with E-state index in [-0.39, 0.29) is 5.59 Å². The van der Waals surface area contributed by atoms with Crippen LogP contribution in [0.5, 0.6) is 0 Å². The average molecular weight is 261 g/mol. The Balaban J connectivity index is 2.39. The summed E-state index contributed by atoms with van der Waals surface area (Å²) in [6.07, 6.45) is -1.96. The summed E-state index contributed by atoms with van der Waals surface area (Å²) < 4.78 is 59.6. The number of hydrogen-bond acceptors (Lipinski definition) is 3. The van der Waals surface area contributed by atoms with Crippen molar-refractivity contribution in [3.63, 3.8) is 0 Å². The van der Waals surface area contributed by atoms with Gasteiger partial charge in [0.2, 0.25) is 0 Å². The van der Waals surface area contributed by atoms with E-state index in [9.17, 15) is 8.78 Å². The van der Waals surface area contributed by atoms with Gasteiger partial charge in [0.1, 0.15) is 0 Å². The highest BCUT2D eigenvalue weighted by Crippen LogP contribution is 2.36. The van der Waals surface area contributed by atoms with Crippen molar-refractivity contribution in [3.8, 4) is 0 Å². The molecule has 0 saturated carbocycles. The average Bonchev–Trinajstić information content (AvgIpc) is 2.78. The minimum atomic E-state index is -3.00. The summed E-state index contributed by atoms with van der Waals surface area (Å²) in [6.45, 7) is 4.49. The fourth-order valence-electron chi connectivity index (χ4n) is 1.64. The van der Waals surface area contributed by atoms with Gasteiger partial charge in [0.05, 0.1) is 16.8 Å². The molecule has 100 valence electrons. The summed E-state index contributed by atoms with van der Waals surface area (Å²) in [5.74, 6) is -0.820. The van der Waals surface area contributed by atoms with Crippen LogP contribution < -0.4 is 5.59 Å². The summed E-state index contributed by atoms with van der Waals surface area (Å²) in [6, 6.07) is 0. The van der Waals surface area contributed by atoms with Gasteiger partial charge in [-0.15, -0.1) is 0 Å². The van der Waals surface area contributed by atoms with Gasteiger partial charge in [-0.3, -0.25) is 0 Å². The lowest BCUT2D eigenvalue weighted by atomic mass is 9.86. The van der Waals surface area contributed by atoms with Crippen LogP contribution >= 0.6 is 0 Å². The zero-order valence-corrected chi connectivity index (χ0v) is 10.7. The second kappa shape index (κ2) is 4.03. The molecule has 0 amide bonds. The molecule has 4 nitrogen and oxygen atoms in total. The summed E-state index contributed by atoms with van der Waals surface area (Å²) in [4.78, 5) is 3.69. The highest BCUT2D eigenvalue weighted by atomic mass is 19.3. The molecule has 1 aromatic rings. The summed E-state index contributed by atoms with van der Waals surface area (Å²) in [5.41, 5.74) is -1.29. The molecular formula is C11H17BF2N2O2. The molecule has 1 aliphatic rings. The van der Waals surface area contributed by atoms with Crippen LogP contribution in [0.15, 0.2) is 6.20 Å². The standard InChI is InChI=1S/C11H17BF2N2O2/c1-10(2)11(3,4)18-12(17-10)7-6-16(5)9(15-7)8(13)14/h6,8H,1-5H3/i5D3. The van der Waals surface area contributed by atoms with Gasteiger partial charge >= 0.3 is 7.12 Å². The summed E-state index contributed by atoms with van der Waals surface area (Å²) in [7, 11) is -0.976. The first kappa shape index (κ1) is 9.92. The number of nitrogens with zero attached hydrogens (tertiary/aromatic N) is 2. The van der Waals surface area contributed by atoms with Crippen molar-refractivity contribution in [2.24, 2.45) is 6.98 Å². The lowest BCUT2D eigenvalue weighted by molar-refractivity contribution is 0.00578. The topological polar surface area (TPSA) is 36.3 Å². The van der Waals surface area contributed by atoms with Gasteiger partial charge in [-0.2, -0.15) is 0 Å². The van der Waals surface area contributed by atoms with Gasteiger partial charge in [-0.05, 0) is 27.7 Å². The first-order chi connectivity index (χ1) is 9.35. The molecule has 1 aromatic heterocycles. The molecule has 18 heavy (non-hydrogen) atoms. The van der Waals surface area contributed by atoms with E-state index >= 15 is 0 Å². The van der Waals surface area contributed by atoms with Crippen LogP contribution in [-0.4, -0.2) is 27.9 Å². The Hall–Kier alpha value is -0.945. The van der Waals surface area contributed by atoms with E-state index in [1.54, 1.807) is 0 Å². The predicted octanol–water partition coefficient (Wildman–Crippen LogP) is 1.66. The Bertz CT molecular complexity index is 530. The van der Waals surface area contributed by atoms with Crippen molar-refractivity contribution >= 4 is 12.7 Å². The normalized spacial score (nSPS) is 25.1. The number of halogens is 2. The molecule has 1 fully saturated rings. The van der Waals surface area contributed by atoms with Crippen LogP contribution in [0.25, 0.3) is 0 Å². The zero-order valence-electron chi connectivity index (χ0n) is 13.7. The molecule has 2 rings (SSSR count). The molecule has 0 spiro atoms. The molecule has 0 aliphatic carbocycles. The number of rotatable bonds is 2. The molecule has 1 aliphatic heterocycles. The lowest BCUT2D eigenvalue weighted by Crippen LogP contribution is -2.41. The smallest absolute Gasteiger partial charge is 0.398 e. The van der Waals surface area contributed by atoms with Crippen LogP contribution in [0.3, 0.4) is 0 Å². The third-order valence-corrected chi connectivity index (χ3v) is 3.44. The Morgan fingerprint density at radius 2 is 1.89 bits per heavy atom. The maximum atomic E-state index is 12.9. The van der Waals surface area contributed by atoms with Gasteiger partial charge in [0, 0.05) is 17.3 Å². The summed E-state index contributed by atoms with van der Waals surface area (Å²) in [5, 5.41) is 0. The SMILES string of the molecule is [2H]C([2H])([2H])n1cc(B2OC(C)(C)C(C)(C)O2)nc1C(F)F. The van der Waals surface area contributed by atoms with Crippen molar-refractivity contribution in [1.29, 1.82) is 0 Å². The van der Waals surface area contributed by atoms with Crippen molar-refractivity contribution < 1.29 is 22.2 Å². The van der Waals surface area contributed by atoms with E-state index in [0.29, 0.717) is 4.57 Å². The molecule has 0 radical (unpaired) electrons.